The zero-order valence-corrected chi connectivity index (χ0v) is 14.5. The Balaban J connectivity index is 1.73. The third-order valence-electron chi connectivity index (χ3n) is 3.86. The molecule has 0 bridgehead atoms. The highest BCUT2D eigenvalue weighted by Crippen LogP contribution is 2.32. The van der Waals surface area contributed by atoms with E-state index in [9.17, 15) is 4.79 Å². The van der Waals surface area contributed by atoms with Gasteiger partial charge in [-0.1, -0.05) is 46.3 Å². The number of carbonyl (C=O) groups is 1. The number of nitrogens with one attached hydrogen (secondary N) is 1. The third kappa shape index (κ3) is 3.04. The van der Waals surface area contributed by atoms with Gasteiger partial charge in [0, 0.05) is 26.9 Å². The van der Waals surface area contributed by atoms with Crippen molar-refractivity contribution in [1.29, 1.82) is 0 Å². The van der Waals surface area contributed by atoms with Gasteiger partial charge in [-0.2, -0.15) is 0 Å². The van der Waals surface area contributed by atoms with E-state index in [1.807, 2.05) is 54.6 Å². The number of benzene rings is 3. The molecule has 3 aromatic carbocycles. The second-order valence-electron chi connectivity index (χ2n) is 5.44. The van der Waals surface area contributed by atoms with Crippen molar-refractivity contribution in [2.75, 3.05) is 5.32 Å². The quantitative estimate of drug-likeness (QED) is 0.537. The van der Waals surface area contributed by atoms with Crippen LogP contribution in [0.3, 0.4) is 0 Å². The van der Waals surface area contributed by atoms with Crippen molar-refractivity contribution < 1.29 is 9.42 Å². The zero-order valence-electron chi connectivity index (χ0n) is 12.9. The van der Waals surface area contributed by atoms with E-state index in [0.717, 1.165) is 15.6 Å². The number of aromatic nitrogens is 2. The van der Waals surface area contributed by atoms with Gasteiger partial charge in [0.2, 0.25) is 0 Å². The molecule has 0 aliphatic carbocycles. The van der Waals surface area contributed by atoms with Crippen LogP contribution in [0.15, 0.2) is 75.8 Å². The van der Waals surface area contributed by atoms with Gasteiger partial charge in [-0.25, -0.2) is 4.63 Å². The van der Waals surface area contributed by atoms with Gasteiger partial charge in [-0.05, 0) is 46.7 Å². The first kappa shape index (κ1) is 15.5. The Hall–Kier alpha value is -2.99. The standard InChI is InChI=1S/C19H12BrN3O2/c20-13-10-8-12(9-11-13)19(24)21-16-6-2-1-4-14(16)15-5-3-7-17-18(15)23-25-22-17/h1-11H,(H,21,24). The summed E-state index contributed by atoms with van der Waals surface area (Å²) in [6.07, 6.45) is 0. The zero-order chi connectivity index (χ0) is 17.2. The van der Waals surface area contributed by atoms with Crippen molar-refractivity contribution in [2.24, 2.45) is 0 Å². The molecule has 0 saturated carbocycles. The Morgan fingerprint density at radius 3 is 2.48 bits per heavy atom. The first-order valence-electron chi connectivity index (χ1n) is 7.60. The van der Waals surface area contributed by atoms with Crippen LogP contribution in [0.25, 0.3) is 22.2 Å². The number of hydrogen-bond acceptors (Lipinski definition) is 4. The predicted molar refractivity (Wildman–Crippen MR) is 99.3 cm³/mol. The van der Waals surface area contributed by atoms with Gasteiger partial charge in [0.25, 0.3) is 5.91 Å². The maximum atomic E-state index is 12.5. The fourth-order valence-corrected chi connectivity index (χ4v) is 2.91. The lowest BCUT2D eigenvalue weighted by Crippen LogP contribution is -2.12. The Morgan fingerprint density at radius 2 is 1.64 bits per heavy atom. The number of fused-ring (bicyclic) bond motifs is 1. The normalized spacial score (nSPS) is 10.8. The molecule has 0 radical (unpaired) electrons. The molecule has 0 saturated heterocycles. The number of hydrogen-bond donors (Lipinski definition) is 1. The van der Waals surface area contributed by atoms with Gasteiger partial charge >= 0.3 is 0 Å². The third-order valence-corrected chi connectivity index (χ3v) is 4.39. The molecule has 0 aliphatic heterocycles. The van der Waals surface area contributed by atoms with Crippen LogP contribution >= 0.6 is 15.9 Å². The molecule has 1 amide bonds. The van der Waals surface area contributed by atoms with E-state index >= 15 is 0 Å². The minimum Gasteiger partial charge on any atom is -0.321 e. The maximum Gasteiger partial charge on any atom is 0.255 e. The minimum atomic E-state index is -0.176. The summed E-state index contributed by atoms with van der Waals surface area (Å²) < 4.78 is 5.76. The van der Waals surface area contributed by atoms with Crippen LogP contribution in [-0.4, -0.2) is 16.2 Å². The van der Waals surface area contributed by atoms with Crippen LogP contribution in [0.2, 0.25) is 0 Å². The number of nitrogens with zero attached hydrogens (tertiary/aromatic N) is 2. The van der Waals surface area contributed by atoms with Crippen molar-refractivity contribution in [2.45, 2.75) is 0 Å². The van der Waals surface area contributed by atoms with Crippen LogP contribution in [0.1, 0.15) is 10.4 Å². The lowest BCUT2D eigenvalue weighted by molar-refractivity contribution is 0.102. The number of para-hydroxylation sites is 1. The van der Waals surface area contributed by atoms with E-state index in [2.05, 4.69) is 31.6 Å². The van der Waals surface area contributed by atoms with Gasteiger partial charge in [0.1, 0.15) is 11.0 Å². The van der Waals surface area contributed by atoms with E-state index in [-0.39, 0.29) is 5.91 Å². The summed E-state index contributed by atoms with van der Waals surface area (Å²) in [6.45, 7) is 0. The molecule has 4 rings (SSSR count). The first-order valence-corrected chi connectivity index (χ1v) is 8.39. The van der Waals surface area contributed by atoms with E-state index in [0.29, 0.717) is 22.3 Å². The smallest absolute Gasteiger partial charge is 0.255 e. The first-order chi connectivity index (χ1) is 12.2. The molecule has 1 N–H and O–H groups in total. The second kappa shape index (κ2) is 6.49. The summed E-state index contributed by atoms with van der Waals surface area (Å²) in [5, 5.41) is 10.8. The molecule has 0 aliphatic rings. The molecule has 0 atom stereocenters. The number of amides is 1. The van der Waals surface area contributed by atoms with Crippen LogP contribution in [0.4, 0.5) is 5.69 Å². The van der Waals surface area contributed by atoms with Crippen molar-refractivity contribution in [3.63, 3.8) is 0 Å². The lowest BCUT2D eigenvalue weighted by atomic mass is 10.0. The summed E-state index contributed by atoms with van der Waals surface area (Å²) in [5.74, 6) is -0.176. The molecule has 5 nitrogen and oxygen atoms in total. The van der Waals surface area contributed by atoms with E-state index in [4.69, 9.17) is 4.63 Å². The molecule has 1 heterocycles. The molecule has 0 fully saturated rings. The van der Waals surface area contributed by atoms with Crippen LogP contribution in [0.5, 0.6) is 0 Å². The summed E-state index contributed by atoms with van der Waals surface area (Å²) in [6, 6.07) is 20.4. The highest BCUT2D eigenvalue weighted by molar-refractivity contribution is 9.10. The molecule has 25 heavy (non-hydrogen) atoms. The fraction of sp³-hybridized carbons (Fsp3) is 0. The van der Waals surface area contributed by atoms with Gasteiger partial charge in [-0.3, -0.25) is 4.79 Å². The Bertz CT molecular complexity index is 1060. The summed E-state index contributed by atoms with van der Waals surface area (Å²) in [7, 11) is 0. The molecular formula is C19H12BrN3O2. The Morgan fingerprint density at radius 1 is 0.880 bits per heavy atom. The number of anilines is 1. The molecule has 4 aromatic rings. The highest BCUT2D eigenvalue weighted by atomic mass is 79.9. The highest BCUT2D eigenvalue weighted by Gasteiger charge is 2.14. The van der Waals surface area contributed by atoms with E-state index in [1.165, 1.54) is 0 Å². The molecular weight excluding hydrogens is 382 g/mol. The number of carbonyl (C=O) groups excluding carboxylic acids is 1. The number of halogens is 1. The molecule has 1 aromatic heterocycles. The largest absolute Gasteiger partial charge is 0.321 e. The Kier molecular flexibility index (Phi) is 4.03. The van der Waals surface area contributed by atoms with Crippen molar-refractivity contribution >= 4 is 38.6 Å². The minimum absolute atomic E-state index is 0.176. The van der Waals surface area contributed by atoms with Gasteiger partial charge in [0.15, 0.2) is 0 Å². The lowest BCUT2D eigenvalue weighted by Gasteiger charge is -2.11. The number of rotatable bonds is 3. The van der Waals surface area contributed by atoms with E-state index in [1.54, 1.807) is 12.1 Å². The van der Waals surface area contributed by atoms with Gasteiger partial charge in [-0.15, -0.1) is 0 Å². The second-order valence-corrected chi connectivity index (χ2v) is 6.36. The summed E-state index contributed by atoms with van der Waals surface area (Å²) >= 11 is 3.37. The van der Waals surface area contributed by atoms with Gasteiger partial charge in [0.05, 0.1) is 0 Å². The SMILES string of the molecule is O=C(Nc1ccccc1-c1cccc2nonc12)c1ccc(Br)cc1. The molecule has 6 heteroatoms. The molecule has 0 spiro atoms. The van der Waals surface area contributed by atoms with Crippen molar-refractivity contribution in [3.05, 3.63) is 76.8 Å². The Labute approximate surface area is 151 Å². The summed E-state index contributed by atoms with van der Waals surface area (Å²) in [4.78, 5) is 12.5. The monoisotopic (exact) mass is 393 g/mol. The van der Waals surface area contributed by atoms with Gasteiger partial charge < -0.3 is 5.32 Å². The predicted octanol–water partition coefficient (Wildman–Crippen LogP) is 4.90. The topological polar surface area (TPSA) is 68.0 Å². The van der Waals surface area contributed by atoms with Crippen LogP contribution < -0.4 is 5.32 Å². The van der Waals surface area contributed by atoms with E-state index < -0.39 is 0 Å². The molecule has 0 unspecified atom stereocenters. The average molecular weight is 394 g/mol. The summed E-state index contributed by atoms with van der Waals surface area (Å²) in [5.41, 5.74) is 4.32. The van der Waals surface area contributed by atoms with Crippen molar-refractivity contribution in [3.8, 4) is 11.1 Å². The van der Waals surface area contributed by atoms with Crippen LogP contribution in [-0.2, 0) is 0 Å². The van der Waals surface area contributed by atoms with Crippen LogP contribution in [0, 0.1) is 0 Å². The maximum absolute atomic E-state index is 12.5. The average Bonchev–Trinajstić information content (AvgIpc) is 3.11. The fourth-order valence-electron chi connectivity index (χ4n) is 2.65. The molecule has 122 valence electrons. The van der Waals surface area contributed by atoms with Crippen molar-refractivity contribution in [1.82, 2.24) is 10.3 Å².